The number of rotatable bonds is 4. The fourth-order valence-electron chi connectivity index (χ4n) is 5.70. The van der Waals surface area contributed by atoms with E-state index in [9.17, 15) is 18.3 Å². The van der Waals surface area contributed by atoms with Crippen LogP contribution in [0.4, 0.5) is 0 Å². The molecule has 1 saturated carbocycles. The summed E-state index contributed by atoms with van der Waals surface area (Å²) in [4.78, 5) is 14.6. The van der Waals surface area contributed by atoms with Gasteiger partial charge in [-0.05, 0) is 42.7 Å². The molecule has 0 spiro atoms. The molecule has 4 aliphatic heterocycles. The molecule has 0 bridgehead atoms. The maximum atomic E-state index is 13.3. The van der Waals surface area contributed by atoms with E-state index in [1.165, 1.54) is 0 Å². The molecule has 9 nitrogen and oxygen atoms in total. The van der Waals surface area contributed by atoms with E-state index in [1.807, 2.05) is 0 Å². The van der Waals surface area contributed by atoms with Gasteiger partial charge in [-0.2, -0.15) is 4.31 Å². The summed E-state index contributed by atoms with van der Waals surface area (Å²) in [5, 5.41) is 13.3. The lowest BCUT2D eigenvalue weighted by molar-refractivity contribution is -0.162. The van der Waals surface area contributed by atoms with Crippen LogP contribution in [0, 0.1) is 5.92 Å². The highest BCUT2D eigenvalue weighted by Gasteiger charge is 2.45. The van der Waals surface area contributed by atoms with E-state index in [1.54, 1.807) is 9.21 Å². The molecular weight excluding hydrogens is 549 g/mol. The van der Waals surface area contributed by atoms with Crippen LogP contribution in [0.1, 0.15) is 32.1 Å². The quantitative estimate of drug-likeness (QED) is 0.278. The van der Waals surface area contributed by atoms with Crippen LogP contribution < -0.4 is 5.32 Å². The summed E-state index contributed by atoms with van der Waals surface area (Å²) >= 11 is 2.41. The van der Waals surface area contributed by atoms with Gasteiger partial charge in [0.2, 0.25) is 10.0 Å². The Morgan fingerprint density at radius 2 is 1.81 bits per heavy atom. The molecule has 2 saturated heterocycles. The number of hydrogen-bond donors (Lipinski definition) is 2. The number of aliphatic hydroxyl groups is 1. The zero-order valence-electron chi connectivity index (χ0n) is 18.1. The lowest BCUT2D eigenvalue weighted by Gasteiger charge is -2.40. The Hall–Kier alpha value is -0.310. The second kappa shape index (κ2) is 9.38. The molecule has 1 aliphatic carbocycles. The summed E-state index contributed by atoms with van der Waals surface area (Å²) in [6.45, 7) is 2.87. The van der Waals surface area contributed by atoms with Gasteiger partial charge in [0.25, 0.3) is 5.91 Å². The molecule has 0 aromatic rings. The van der Waals surface area contributed by atoms with E-state index in [2.05, 4.69) is 27.9 Å². The first-order valence-electron chi connectivity index (χ1n) is 11.6. The molecule has 0 radical (unpaired) electrons. The minimum Gasteiger partial charge on any atom is -0.383 e. The molecule has 0 aromatic heterocycles. The second-order valence-corrected chi connectivity index (χ2v) is 13.6. The Morgan fingerprint density at radius 1 is 1.09 bits per heavy atom. The number of carbonyl (C=O) groups excluding carboxylic acids is 1. The number of aliphatic hydroxyl groups excluding tert-OH is 1. The third-order valence-corrected chi connectivity index (χ3v) is 10.8. The van der Waals surface area contributed by atoms with E-state index in [4.69, 9.17) is 9.47 Å². The van der Waals surface area contributed by atoms with Crippen LogP contribution in [0.25, 0.3) is 0 Å². The number of nitrogens with one attached hydrogen (secondary N) is 1. The van der Waals surface area contributed by atoms with Crippen LogP contribution in [0.3, 0.4) is 0 Å². The second-order valence-electron chi connectivity index (χ2n) is 9.65. The number of piperidine rings is 1. The van der Waals surface area contributed by atoms with Crippen molar-refractivity contribution in [1.29, 1.82) is 0 Å². The van der Waals surface area contributed by atoms with E-state index in [-0.39, 0.29) is 24.2 Å². The summed E-state index contributed by atoms with van der Waals surface area (Å²) in [7, 11) is -3.49. The zero-order valence-corrected chi connectivity index (χ0v) is 21.1. The maximum Gasteiger partial charge on any atom is 0.252 e. The standard InChI is InChI=1S/C21H32IN3O6S/c22-16-3-1-2-13(6-16)19(26)21(27)24-9-14-11-25(12-15(14)10-24)32(28,29)17-7-18-20(23-8-17)31-5-4-30-18/h13,16-20,23,26H,1-12H2. The van der Waals surface area contributed by atoms with Crippen molar-refractivity contribution in [3.63, 3.8) is 0 Å². The fraction of sp³-hybridized carbons (Fsp3) is 0.857. The van der Waals surface area contributed by atoms with Crippen LogP contribution in [0.2, 0.25) is 0 Å². The van der Waals surface area contributed by atoms with Crippen LogP contribution in [-0.4, -0.2) is 102 Å². The van der Waals surface area contributed by atoms with E-state index in [0.717, 1.165) is 36.8 Å². The molecule has 180 valence electrons. The minimum absolute atomic E-state index is 0.0269. The number of ether oxygens (including phenoxy) is 2. The maximum absolute atomic E-state index is 13.3. The number of nitrogens with zero attached hydrogens (tertiary/aromatic N) is 2. The minimum atomic E-state index is -3.49. The molecule has 32 heavy (non-hydrogen) atoms. The topological polar surface area (TPSA) is 108 Å². The molecular formula is C21H32IN3O6S. The van der Waals surface area contributed by atoms with Gasteiger partial charge in [-0.3, -0.25) is 10.1 Å². The van der Waals surface area contributed by atoms with Gasteiger partial charge in [-0.1, -0.05) is 29.0 Å². The lowest BCUT2D eigenvalue weighted by Crippen LogP contribution is -2.59. The molecule has 6 unspecified atom stereocenters. The highest BCUT2D eigenvalue weighted by Crippen LogP contribution is 2.34. The van der Waals surface area contributed by atoms with Crippen molar-refractivity contribution in [3.8, 4) is 0 Å². The SMILES string of the molecule is O=C(C(O)C1CCCC(I)C1)N1CC2=C(C1)CN(S(=O)(=O)C1CNC3OCCOC3C1)C2. The summed E-state index contributed by atoms with van der Waals surface area (Å²) in [5.74, 6) is -0.180. The normalized spacial score (nSPS) is 37.3. The van der Waals surface area contributed by atoms with Gasteiger partial charge in [-0.15, -0.1) is 0 Å². The predicted molar refractivity (Wildman–Crippen MR) is 126 cm³/mol. The first kappa shape index (κ1) is 23.4. The highest BCUT2D eigenvalue weighted by atomic mass is 127. The van der Waals surface area contributed by atoms with Crippen molar-refractivity contribution >= 4 is 38.5 Å². The smallest absolute Gasteiger partial charge is 0.252 e. The third-order valence-electron chi connectivity index (χ3n) is 7.53. The van der Waals surface area contributed by atoms with Gasteiger partial charge in [0, 0.05) is 36.6 Å². The number of sulfonamides is 1. The molecule has 1 amide bonds. The average molecular weight is 581 g/mol. The van der Waals surface area contributed by atoms with Gasteiger partial charge in [0.05, 0.1) is 24.6 Å². The average Bonchev–Trinajstić information content (AvgIpc) is 3.38. The molecule has 5 aliphatic rings. The first-order chi connectivity index (χ1) is 15.3. The first-order valence-corrected chi connectivity index (χ1v) is 14.3. The molecule has 6 atom stereocenters. The lowest BCUT2D eigenvalue weighted by atomic mass is 9.85. The van der Waals surface area contributed by atoms with Crippen LogP contribution in [0.15, 0.2) is 11.1 Å². The van der Waals surface area contributed by atoms with Crippen molar-refractivity contribution in [2.45, 2.75) is 59.7 Å². The predicted octanol–water partition coefficient (Wildman–Crippen LogP) is 0.229. The fourth-order valence-corrected chi connectivity index (χ4v) is 8.63. The number of halogens is 1. The Kier molecular flexibility index (Phi) is 6.87. The van der Waals surface area contributed by atoms with E-state index < -0.39 is 21.4 Å². The van der Waals surface area contributed by atoms with Crippen molar-refractivity contribution in [2.24, 2.45) is 5.92 Å². The van der Waals surface area contributed by atoms with Gasteiger partial charge in [-0.25, -0.2) is 8.42 Å². The molecule has 3 fully saturated rings. The summed E-state index contributed by atoms with van der Waals surface area (Å²) < 4.78 is 40.0. The molecule has 11 heteroatoms. The Bertz CT molecular complexity index is 865. The number of hydrogen-bond acceptors (Lipinski definition) is 7. The number of carbonyl (C=O) groups is 1. The van der Waals surface area contributed by atoms with E-state index >= 15 is 0 Å². The molecule has 4 heterocycles. The van der Waals surface area contributed by atoms with Crippen molar-refractivity contribution < 1.29 is 27.8 Å². The van der Waals surface area contributed by atoms with Gasteiger partial charge in [0.15, 0.2) is 0 Å². The van der Waals surface area contributed by atoms with Crippen molar-refractivity contribution in [2.75, 3.05) is 45.9 Å². The van der Waals surface area contributed by atoms with Gasteiger partial charge in [0.1, 0.15) is 12.3 Å². The highest BCUT2D eigenvalue weighted by molar-refractivity contribution is 14.1. The Labute approximate surface area is 203 Å². The largest absolute Gasteiger partial charge is 0.383 e. The van der Waals surface area contributed by atoms with Crippen molar-refractivity contribution in [1.82, 2.24) is 14.5 Å². The van der Waals surface area contributed by atoms with Gasteiger partial charge >= 0.3 is 0 Å². The summed E-state index contributed by atoms with van der Waals surface area (Å²) in [5.41, 5.74) is 2.01. The number of fused-ring (bicyclic) bond motifs is 1. The van der Waals surface area contributed by atoms with Crippen molar-refractivity contribution in [3.05, 3.63) is 11.1 Å². The van der Waals surface area contributed by atoms with E-state index in [0.29, 0.717) is 56.3 Å². The number of alkyl halides is 1. The Balaban J connectivity index is 1.16. The zero-order chi connectivity index (χ0) is 22.5. The monoisotopic (exact) mass is 581 g/mol. The summed E-state index contributed by atoms with van der Waals surface area (Å²) in [6, 6.07) is 0. The number of amides is 1. The Morgan fingerprint density at radius 3 is 2.53 bits per heavy atom. The molecule has 2 N–H and O–H groups in total. The molecule has 5 rings (SSSR count). The molecule has 0 aromatic carbocycles. The summed E-state index contributed by atoms with van der Waals surface area (Å²) in [6.07, 6.45) is 2.99. The van der Waals surface area contributed by atoms with Gasteiger partial charge < -0.3 is 19.5 Å². The third kappa shape index (κ3) is 4.50. The van der Waals surface area contributed by atoms with Crippen LogP contribution in [-0.2, 0) is 24.3 Å². The van der Waals surface area contributed by atoms with Crippen LogP contribution >= 0.6 is 22.6 Å². The van der Waals surface area contributed by atoms with Crippen LogP contribution in [0.5, 0.6) is 0 Å².